The first-order valence-electron chi connectivity index (χ1n) is 6.39. The van der Waals surface area contributed by atoms with Crippen molar-refractivity contribution >= 4 is 11.9 Å². The van der Waals surface area contributed by atoms with Gasteiger partial charge in [0.05, 0.1) is 5.56 Å². The molecule has 0 saturated carbocycles. The van der Waals surface area contributed by atoms with Crippen LogP contribution in [0.5, 0.6) is 0 Å². The van der Waals surface area contributed by atoms with Crippen LogP contribution in [0.4, 0.5) is 5.82 Å². The molecule has 1 aromatic heterocycles. The van der Waals surface area contributed by atoms with E-state index in [4.69, 9.17) is 4.52 Å². The molecule has 1 aromatic rings. The highest BCUT2D eigenvalue weighted by Crippen LogP contribution is 2.21. The van der Waals surface area contributed by atoms with E-state index in [0.717, 1.165) is 37.6 Å². The monoisotopic (exact) mass is 247 g/mol. The van der Waals surface area contributed by atoms with Crippen molar-refractivity contribution in [3.8, 4) is 0 Å². The predicted octanol–water partition coefficient (Wildman–Crippen LogP) is 2.41. The van der Waals surface area contributed by atoms with Crippen LogP contribution >= 0.6 is 0 Å². The van der Waals surface area contributed by atoms with Gasteiger partial charge in [0.25, 0.3) is 0 Å². The fourth-order valence-electron chi connectivity index (χ4n) is 1.93. The predicted molar refractivity (Wildman–Crippen MR) is 74.7 cm³/mol. The maximum Gasteiger partial charge on any atom is 0.179 e. The van der Waals surface area contributed by atoms with Crippen molar-refractivity contribution in [2.45, 2.75) is 13.8 Å². The van der Waals surface area contributed by atoms with Crippen LogP contribution in [0.25, 0.3) is 6.08 Å². The van der Waals surface area contributed by atoms with Crippen LogP contribution in [-0.2, 0) is 0 Å². The van der Waals surface area contributed by atoms with Gasteiger partial charge < -0.3 is 14.3 Å². The lowest BCUT2D eigenvalue weighted by Crippen LogP contribution is -2.44. The molecule has 4 heteroatoms. The average molecular weight is 247 g/mol. The first kappa shape index (κ1) is 12.9. The van der Waals surface area contributed by atoms with Crippen LogP contribution < -0.4 is 4.90 Å². The molecule has 0 atom stereocenters. The summed E-state index contributed by atoms with van der Waals surface area (Å²) in [4.78, 5) is 4.62. The minimum Gasteiger partial charge on any atom is -0.362 e. The van der Waals surface area contributed by atoms with Gasteiger partial charge >= 0.3 is 0 Å². The fraction of sp³-hybridized carbons (Fsp3) is 0.500. The van der Waals surface area contributed by atoms with E-state index in [1.165, 1.54) is 5.57 Å². The smallest absolute Gasteiger partial charge is 0.179 e. The molecule has 0 spiro atoms. The molecule has 0 amide bonds. The van der Waals surface area contributed by atoms with Crippen molar-refractivity contribution in [2.75, 3.05) is 38.1 Å². The minimum absolute atomic E-state index is 0.961. The number of nitrogens with zero attached hydrogens (tertiary/aromatic N) is 3. The summed E-state index contributed by atoms with van der Waals surface area (Å²) in [6.45, 7) is 8.28. The Bertz CT molecular complexity index is 440. The summed E-state index contributed by atoms with van der Waals surface area (Å²) in [6.07, 6.45) is 7.96. The summed E-state index contributed by atoms with van der Waals surface area (Å²) in [5, 5.41) is 4.13. The number of aromatic nitrogens is 1. The third-order valence-electron chi connectivity index (χ3n) is 3.36. The maximum absolute atomic E-state index is 5.12. The Morgan fingerprint density at radius 3 is 2.72 bits per heavy atom. The molecule has 0 aromatic carbocycles. The summed E-state index contributed by atoms with van der Waals surface area (Å²) in [6, 6.07) is 0. The molecule has 2 rings (SSSR count). The number of piperazine rings is 1. The van der Waals surface area contributed by atoms with Gasteiger partial charge in [-0.15, -0.1) is 0 Å². The highest BCUT2D eigenvalue weighted by molar-refractivity contribution is 5.64. The largest absolute Gasteiger partial charge is 0.362 e. The molecule has 1 fully saturated rings. The molecule has 18 heavy (non-hydrogen) atoms. The minimum atomic E-state index is 0.961. The second-order valence-electron chi connectivity index (χ2n) is 4.75. The molecule has 0 radical (unpaired) electrons. The van der Waals surface area contributed by atoms with E-state index in [2.05, 4.69) is 47.2 Å². The standard InChI is InChI=1S/C14H21N3O/c1-4-12(2)5-6-13-11-18-15-14(13)17-9-7-16(3)8-10-17/h4-6,11H,7-10H2,1-3H3/b6-5-,12-4?. The lowest BCUT2D eigenvalue weighted by molar-refractivity contribution is 0.309. The SMILES string of the molecule is CC=C(C)/C=C\c1conc1N1CCN(C)CC1. The zero-order valence-electron chi connectivity index (χ0n) is 11.4. The highest BCUT2D eigenvalue weighted by Gasteiger charge is 2.18. The van der Waals surface area contributed by atoms with Crippen LogP contribution in [-0.4, -0.2) is 43.3 Å². The Balaban J connectivity index is 2.10. The Morgan fingerprint density at radius 2 is 2.06 bits per heavy atom. The molecular formula is C14H21N3O. The molecule has 4 nitrogen and oxygen atoms in total. The van der Waals surface area contributed by atoms with Gasteiger partial charge in [0.15, 0.2) is 5.82 Å². The van der Waals surface area contributed by atoms with Gasteiger partial charge in [0.2, 0.25) is 0 Å². The number of allylic oxidation sites excluding steroid dienone is 3. The molecule has 1 aliphatic heterocycles. The van der Waals surface area contributed by atoms with E-state index in [-0.39, 0.29) is 0 Å². The van der Waals surface area contributed by atoms with E-state index < -0.39 is 0 Å². The molecule has 2 heterocycles. The van der Waals surface area contributed by atoms with Crippen LogP contribution in [0.15, 0.2) is 28.5 Å². The Labute approximate surface area is 109 Å². The maximum atomic E-state index is 5.12. The van der Waals surface area contributed by atoms with E-state index in [1.54, 1.807) is 6.26 Å². The summed E-state index contributed by atoms with van der Waals surface area (Å²) < 4.78 is 5.12. The lowest BCUT2D eigenvalue weighted by atomic mass is 10.2. The van der Waals surface area contributed by atoms with Crippen molar-refractivity contribution < 1.29 is 4.52 Å². The summed E-state index contributed by atoms with van der Waals surface area (Å²) in [5.41, 5.74) is 2.29. The van der Waals surface area contributed by atoms with Gasteiger partial charge in [-0.05, 0) is 27.0 Å². The van der Waals surface area contributed by atoms with Crippen molar-refractivity contribution in [2.24, 2.45) is 0 Å². The van der Waals surface area contributed by atoms with Crippen molar-refractivity contribution in [1.82, 2.24) is 10.1 Å². The first-order valence-corrected chi connectivity index (χ1v) is 6.39. The highest BCUT2D eigenvalue weighted by atomic mass is 16.5. The van der Waals surface area contributed by atoms with Crippen molar-refractivity contribution in [3.05, 3.63) is 29.6 Å². The zero-order valence-corrected chi connectivity index (χ0v) is 11.4. The van der Waals surface area contributed by atoms with Crippen molar-refractivity contribution in [1.29, 1.82) is 0 Å². The average Bonchev–Trinajstić information content (AvgIpc) is 2.85. The molecular weight excluding hydrogens is 226 g/mol. The number of hydrogen-bond acceptors (Lipinski definition) is 4. The van der Waals surface area contributed by atoms with Crippen LogP contribution in [0.1, 0.15) is 19.4 Å². The summed E-state index contributed by atoms with van der Waals surface area (Å²) >= 11 is 0. The van der Waals surface area contributed by atoms with Gasteiger partial charge in [-0.25, -0.2) is 0 Å². The Morgan fingerprint density at radius 1 is 1.33 bits per heavy atom. The van der Waals surface area contributed by atoms with E-state index >= 15 is 0 Å². The van der Waals surface area contributed by atoms with Crippen LogP contribution in [0, 0.1) is 0 Å². The van der Waals surface area contributed by atoms with E-state index in [0.29, 0.717) is 0 Å². The molecule has 0 unspecified atom stereocenters. The molecule has 1 aliphatic rings. The van der Waals surface area contributed by atoms with E-state index in [9.17, 15) is 0 Å². The molecule has 0 aliphatic carbocycles. The number of rotatable bonds is 3. The second-order valence-corrected chi connectivity index (χ2v) is 4.75. The van der Waals surface area contributed by atoms with Gasteiger partial charge in [0.1, 0.15) is 6.26 Å². The second kappa shape index (κ2) is 5.87. The molecule has 0 bridgehead atoms. The first-order chi connectivity index (χ1) is 8.70. The summed E-state index contributed by atoms with van der Waals surface area (Å²) in [7, 11) is 2.15. The third kappa shape index (κ3) is 3.01. The molecule has 98 valence electrons. The molecule has 0 N–H and O–H groups in total. The number of anilines is 1. The van der Waals surface area contributed by atoms with Crippen molar-refractivity contribution in [3.63, 3.8) is 0 Å². The van der Waals surface area contributed by atoms with Crippen LogP contribution in [0.2, 0.25) is 0 Å². The van der Waals surface area contributed by atoms with Crippen LogP contribution in [0.3, 0.4) is 0 Å². The fourth-order valence-corrected chi connectivity index (χ4v) is 1.93. The normalized spacial score (nSPS) is 18.8. The number of likely N-dealkylation sites (N-methyl/N-ethyl adjacent to an activating group) is 1. The quantitative estimate of drug-likeness (QED) is 0.768. The lowest BCUT2D eigenvalue weighted by Gasteiger charge is -2.32. The Kier molecular flexibility index (Phi) is 4.20. The summed E-state index contributed by atoms with van der Waals surface area (Å²) in [5.74, 6) is 0.961. The third-order valence-corrected chi connectivity index (χ3v) is 3.36. The zero-order chi connectivity index (χ0) is 13.0. The Hall–Kier alpha value is -1.55. The van der Waals surface area contributed by atoms with Gasteiger partial charge in [-0.1, -0.05) is 22.9 Å². The molecule has 1 saturated heterocycles. The van der Waals surface area contributed by atoms with Gasteiger partial charge in [-0.2, -0.15) is 0 Å². The van der Waals surface area contributed by atoms with Gasteiger partial charge in [-0.3, -0.25) is 0 Å². The number of hydrogen-bond donors (Lipinski definition) is 0. The van der Waals surface area contributed by atoms with E-state index in [1.807, 2.05) is 6.92 Å². The van der Waals surface area contributed by atoms with Gasteiger partial charge in [0, 0.05) is 26.2 Å². The topological polar surface area (TPSA) is 32.5 Å².